The van der Waals surface area contributed by atoms with Gasteiger partial charge in [-0.3, -0.25) is 14.9 Å². The summed E-state index contributed by atoms with van der Waals surface area (Å²) in [7, 11) is 2.07. The van der Waals surface area contributed by atoms with Crippen LogP contribution >= 0.6 is 22.7 Å². The first-order chi connectivity index (χ1) is 14.5. The van der Waals surface area contributed by atoms with Gasteiger partial charge in [0.05, 0.1) is 16.3 Å². The number of hydrogen-bond donors (Lipinski definition) is 1. The molecule has 3 aromatic heterocycles. The molecule has 0 radical (unpaired) electrons. The summed E-state index contributed by atoms with van der Waals surface area (Å²) in [6.45, 7) is 1.74. The number of nitrogens with zero attached hydrogens (tertiary/aromatic N) is 3. The van der Waals surface area contributed by atoms with Gasteiger partial charge in [-0.25, -0.2) is 4.98 Å². The fraction of sp³-hybridized carbons (Fsp3) is 0.200. The smallest absolute Gasteiger partial charge is 0.395 e. The highest BCUT2D eigenvalue weighted by molar-refractivity contribution is 7.22. The summed E-state index contributed by atoms with van der Waals surface area (Å²) in [4.78, 5) is 31.2. The zero-order valence-corrected chi connectivity index (χ0v) is 17.5. The Labute approximate surface area is 178 Å². The largest absolute Gasteiger partial charge is 0.433 e. The van der Waals surface area contributed by atoms with E-state index in [2.05, 4.69) is 17.3 Å². The van der Waals surface area contributed by atoms with Crippen molar-refractivity contribution >= 4 is 49.7 Å². The maximum Gasteiger partial charge on any atom is 0.433 e. The maximum atomic E-state index is 12.7. The third-order valence-corrected chi connectivity index (χ3v) is 7.16. The van der Waals surface area contributed by atoms with Gasteiger partial charge in [0.25, 0.3) is 5.91 Å². The van der Waals surface area contributed by atoms with Crippen LogP contribution in [0.25, 0.3) is 20.8 Å². The van der Waals surface area contributed by atoms with Crippen LogP contribution in [-0.4, -0.2) is 34.3 Å². The normalized spacial score (nSPS) is 14.0. The monoisotopic (exact) mass is 440 g/mol. The number of amides is 1. The SMILES string of the molecule is CN1CCc2c(sc(NC(=O)c3ccc([N+](=O)[O-])o3)c2-c2nc3ccccc3s2)C1. The molecule has 0 spiro atoms. The van der Waals surface area contributed by atoms with Crippen LogP contribution in [0.3, 0.4) is 0 Å². The molecule has 0 aliphatic carbocycles. The third-order valence-electron chi connectivity index (χ3n) is 4.98. The van der Waals surface area contributed by atoms with E-state index in [1.54, 1.807) is 11.3 Å². The topological polar surface area (TPSA) is 102 Å². The first kappa shape index (κ1) is 18.9. The molecule has 30 heavy (non-hydrogen) atoms. The molecule has 10 heteroatoms. The van der Waals surface area contributed by atoms with Gasteiger partial charge in [-0.05, 0) is 37.2 Å². The molecule has 0 fully saturated rings. The van der Waals surface area contributed by atoms with Crippen molar-refractivity contribution in [2.24, 2.45) is 0 Å². The Kier molecular flexibility index (Phi) is 4.61. The van der Waals surface area contributed by atoms with Crippen LogP contribution < -0.4 is 5.32 Å². The van der Waals surface area contributed by atoms with E-state index >= 15 is 0 Å². The van der Waals surface area contributed by atoms with Crippen LogP contribution in [0.1, 0.15) is 21.0 Å². The van der Waals surface area contributed by atoms with Gasteiger partial charge in [0.15, 0.2) is 5.76 Å². The molecule has 1 aliphatic heterocycles. The van der Waals surface area contributed by atoms with Crippen LogP contribution in [0.15, 0.2) is 40.8 Å². The molecule has 1 aliphatic rings. The van der Waals surface area contributed by atoms with Crippen LogP contribution in [0.2, 0.25) is 0 Å². The quantitative estimate of drug-likeness (QED) is 0.362. The van der Waals surface area contributed by atoms with Crippen molar-refractivity contribution in [2.75, 3.05) is 18.9 Å². The number of nitro groups is 1. The summed E-state index contributed by atoms with van der Waals surface area (Å²) < 4.78 is 6.15. The fourth-order valence-corrected chi connectivity index (χ4v) is 5.97. The van der Waals surface area contributed by atoms with Gasteiger partial charge in [0.1, 0.15) is 14.9 Å². The molecular formula is C20H16N4O4S2. The third kappa shape index (κ3) is 3.28. The van der Waals surface area contributed by atoms with E-state index < -0.39 is 16.7 Å². The summed E-state index contributed by atoms with van der Waals surface area (Å²) in [5.41, 5.74) is 3.07. The number of rotatable bonds is 4. The minimum atomic E-state index is -0.664. The molecule has 5 rings (SSSR count). The molecule has 0 saturated carbocycles. The number of likely N-dealkylation sites (N-methyl/N-ethyl adjacent to an activating group) is 1. The number of carbonyl (C=O) groups is 1. The Morgan fingerprint density at radius 1 is 1.27 bits per heavy atom. The van der Waals surface area contributed by atoms with Crippen molar-refractivity contribution in [3.8, 4) is 10.6 Å². The van der Waals surface area contributed by atoms with E-state index in [0.29, 0.717) is 5.00 Å². The van der Waals surface area contributed by atoms with Gasteiger partial charge < -0.3 is 14.6 Å². The molecule has 0 saturated heterocycles. The number of benzene rings is 1. The Balaban J connectivity index is 1.57. The van der Waals surface area contributed by atoms with E-state index in [1.165, 1.54) is 33.9 Å². The molecule has 4 aromatic rings. The number of anilines is 1. The highest BCUT2D eigenvalue weighted by Crippen LogP contribution is 2.45. The van der Waals surface area contributed by atoms with Gasteiger partial charge in [0, 0.05) is 23.5 Å². The molecule has 1 amide bonds. The van der Waals surface area contributed by atoms with E-state index in [-0.39, 0.29) is 5.76 Å². The lowest BCUT2D eigenvalue weighted by Crippen LogP contribution is -2.25. The zero-order chi connectivity index (χ0) is 20.8. The van der Waals surface area contributed by atoms with Gasteiger partial charge in [0.2, 0.25) is 0 Å². The number of thiophene rings is 1. The summed E-state index contributed by atoms with van der Waals surface area (Å²) in [6, 6.07) is 10.4. The number of thiazole rings is 1. The second kappa shape index (κ2) is 7.31. The van der Waals surface area contributed by atoms with Gasteiger partial charge in [-0.15, -0.1) is 22.7 Å². The number of aromatic nitrogens is 1. The van der Waals surface area contributed by atoms with Gasteiger partial charge in [-0.1, -0.05) is 12.1 Å². The van der Waals surface area contributed by atoms with Crippen molar-refractivity contribution < 1.29 is 14.1 Å². The van der Waals surface area contributed by atoms with Crippen LogP contribution in [0.4, 0.5) is 10.9 Å². The van der Waals surface area contributed by atoms with Crippen molar-refractivity contribution in [2.45, 2.75) is 13.0 Å². The zero-order valence-electron chi connectivity index (χ0n) is 15.9. The van der Waals surface area contributed by atoms with Crippen molar-refractivity contribution in [3.05, 3.63) is 62.7 Å². The van der Waals surface area contributed by atoms with E-state index in [1.807, 2.05) is 24.3 Å². The summed E-state index contributed by atoms with van der Waals surface area (Å²) >= 11 is 3.12. The van der Waals surface area contributed by atoms with Crippen LogP contribution in [0, 0.1) is 10.1 Å². The second-order valence-electron chi connectivity index (χ2n) is 7.03. The lowest BCUT2D eigenvalue weighted by Gasteiger charge is -2.22. The fourth-order valence-electron chi connectivity index (χ4n) is 3.54. The lowest BCUT2D eigenvalue weighted by molar-refractivity contribution is -0.402. The van der Waals surface area contributed by atoms with Crippen molar-refractivity contribution in [3.63, 3.8) is 0 Å². The maximum absolute atomic E-state index is 12.7. The standard InChI is InChI=1S/C20H16N4O4S2/c1-23-9-8-11-15(10-23)30-20(22-18(25)13-6-7-16(28-13)24(26)27)17(11)19-21-12-4-2-3-5-14(12)29-19/h2-7H,8-10H2,1H3,(H,22,25). The van der Waals surface area contributed by atoms with Crippen LogP contribution in [-0.2, 0) is 13.0 Å². The second-order valence-corrected chi connectivity index (χ2v) is 9.17. The number of nitrogens with one attached hydrogen (secondary N) is 1. The predicted molar refractivity (Wildman–Crippen MR) is 116 cm³/mol. The molecule has 1 N–H and O–H groups in total. The summed E-state index contributed by atoms with van der Waals surface area (Å²) in [5, 5.41) is 15.3. The molecule has 8 nitrogen and oxygen atoms in total. The lowest BCUT2D eigenvalue weighted by atomic mass is 10.0. The van der Waals surface area contributed by atoms with Crippen molar-refractivity contribution in [1.82, 2.24) is 9.88 Å². The highest BCUT2D eigenvalue weighted by Gasteiger charge is 2.27. The van der Waals surface area contributed by atoms with E-state index in [4.69, 9.17) is 9.40 Å². The van der Waals surface area contributed by atoms with Crippen molar-refractivity contribution in [1.29, 1.82) is 0 Å². The average Bonchev–Trinajstić information content (AvgIpc) is 3.43. The number of carbonyl (C=O) groups excluding carboxylic acids is 1. The van der Waals surface area contributed by atoms with E-state index in [0.717, 1.165) is 40.3 Å². The molecule has 152 valence electrons. The van der Waals surface area contributed by atoms with Crippen LogP contribution in [0.5, 0.6) is 0 Å². The molecule has 1 aromatic carbocycles. The average molecular weight is 441 g/mol. The molecule has 0 unspecified atom stereocenters. The number of furan rings is 1. The number of hydrogen-bond acceptors (Lipinski definition) is 8. The van der Waals surface area contributed by atoms with Gasteiger partial charge >= 0.3 is 5.88 Å². The highest BCUT2D eigenvalue weighted by atomic mass is 32.1. The first-order valence-corrected chi connectivity index (χ1v) is 10.9. The molecular weight excluding hydrogens is 424 g/mol. The summed E-state index contributed by atoms with van der Waals surface area (Å²) in [6.07, 6.45) is 0.871. The number of fused-ring (bicyclic) bond motifs is 2. The minimum absolute atomic E-state index is 0.0968. The van der Waals surface area contributed by atoms with Gasteiger partial charge in [-0.2, -0.15) is 0 Å². The first-order valence-electron chi connectivity index (χ1n) is 9.24. The minimum Gasteiger partial charge on any atom is -0.395 e. The molecule has 4 heterocycles. The van der Waals surface area contributed by atoms with E-state index in [9.17, 15) is 14.9 Å². The Hall–Kier alpha value is -3.08. The molecule has 0 bridgehead atoms. The Bertz CT molecular complexity index is 1260. The predicted octanol–water partition coefficient (Wildman–Crippen LogP) is 4.77. The Morgan fingerprint density at radius 3 is 2.87 bits per heavy atom. The molecule has 0 atom stereocenters. The Morgan fingerprint density at radius 2 is 2.10 bits per heavy atom. The summed E-state index contributed by atoms with van der Waals surface area (Å²) in [5.74, 6) is -1.07. The number of para-hydroxylation sites is 1.